The van der Waals surface area contributed by atoms with Crippen LogP contribution < -0.4 is 23.7 Å². The smallest absolute Gasteiger partial charge is 0.203 e. The van der Waals surface area contributed by atoms with Crippen molar-refractivity contribution in [2.75, 3.05) is 28.4 Å². The zero-order chi connectivity index (χ0) is 21.6. The molecule has 0 aromatic heterocycles. The normalized spacial score (nSPS) is 12.6. The van der Waals surface area contributed by atoms with Gasteiger partial charge >= 0.3 is 0 Å². The highest BCUT2D eigenvalue weighted by atomic mass is 16.5. The Morgan fingerprint density at radius 2 is 1.38 bits per heavy atom. The molecular weight excluding hydrogens is 376 g/mol. The lowest BCUT2D eigenvalue weighted by molar-refractivity contribution is 0.0431. The molecule has 29 heavy (non-hydrogen) atoms. The largest absolute Gasteiger partial charge is 0.502 e. The number of hydrogen-bond donors (Lipinski definition) is 2. The van der Waals surface area contributed by atoms with Gasteiger partial charge in [-0.15, -0.1) is 6.58 Å². The molecule has 0 saturated heterocycles. The molecule has 0 unspecified atom stereocenters. The Balaban J connectivity index is 2.36. The van der Waals surface area contributed by atoms with Crippen LogP contribution in [0.15, 0.2) is 36.9 Å². The lowest BCUT2D eigenvalue weighted by atomic mass is 10.0. The SMILES string of the molecule is C=CCc1cc(OC)c(O[C@H](C)[C@@H](O)c2cc(OC)c(O)c(OC)c2)c(OC)c1. The van der Waals surface area contributed by atoms with Crippen LogP contribution in [0.25, 0.3) is 0 Å². The summed E-state index contributed by atoms with van der Waals surface area (Å²) in [5.41, 5.74) is 1.42. The van der Waals surface area contributed by atoms with Crippen LogP contribution in [0.2, 0.25) is 0 Å². The summed E-state index contributed by atoms with van der Waals surface area (Å²) in [6.07, 6.45) is 0.716. The van der Waals surface area contributed by atoms with Crippen LogP contribution in [0.1, 0.15) is 24.2 Å². The summed E-state index contributed by atoms with van der Waals surface area (Å²) in [4.78, 5) is 0. The number of phenols is 1. The van der Waals surface area contributed by atoms with Crippen LogP contribution in [0.3, 0.4) is 0 Å². The second kappa shape index (κ2) is 9.93. The Kier molecular flexibility index (Phi) is 7.61. The molecule has 0 heterocycles. The molecule has 0 aliphatic rings. The fourth-order valence-electron chi connectivity index (χ4n) is 2.94. The maximum absolute atomic E-state index is 10.8. The third kappa shape index (κ3) is 4.86. The molecule has 0 bridgehead atoms. The zero-order valence-corrected chi connectivity index (χ0v) is 17.4. The third-order valence-electron chi connectivity index (χ3n) is 4.49. The van der Waals surface area contributed by atoms with E-state index in [0.717, 1.165) is 5.56 Å². The first-order chi connectivity index (χ1) is 13.9. The summed E-state index contributed by atoms with van der Waals surface area (Å²) < 4.78 is 27.2. The van der Waals surface area contributed by atoms with E-state index in [9.17, 15) is 10.2 Å². The van der Waals surface area contributed by atoms with Crippen molar-refractivity contribution in [3.05, 3.63) is 48.0 Å². The second-order valence-corrected chi connectivity index (χ2v) is 6.36. The number of phenolic OH excluding ortho intramolecular Hbond substituents is 1. The Labute approximate surface area is 171 Å². The number of rotatable bonds is 10. The molecule has 0 aliphatic carbocycles. The van der Waals surface area contributed by atoms with Crippen molar-refractivity contribution >= 4 is 0 Å². The first-order valence-corrected chi connectivity index (χ1v) is 9.05. The van der Waals surface area contributed by atoms with E-state index in [1.807, 2.05) is 12.1 Å². The quantitative estimate of drug-likeness (QED) is 0.585. The number of hydrogen-bond acceptors (Lipinski definition) is 7. The van der Waals surface area contributed by atoms with Crippen molar-refractivity contribution in [1.82, 2.24) is 0 Å². The highest BCUT2D eigenvalue weighted by Gasteiger charge is 2.25. The van der Waals surface area contributed by atoms with Crippen molar-refractivity contribution in [3.63, 3.8) is 0 Å². The van der Waals surface area contributed by atoms with Crippen molar-refractivity contribution in [3.8, 4) is 34.5 Å². The highest BCUT2D eigenvalue weighted by molar-refractivity contribution is 5.55. The van der Waals surface area contributed by atoms with Gasteiger partial charge in [-0.2, -0.15) is 0 Å². The predicted octanol–water partition coefficient (Wildman–Crippen LogP) is 3.66. The van der Waals surface area contributed by atoms with E-state index < -0.39 is 12.2 Å². The van der Waals surface area contributed by atoms with Crippen LogP contribution in [-0.2, 0) is 6.42 Å². The van der Waals surface area contributed by atoms with Gasteiger partial charge in [-0.25, -0.2) is 0 Å². The number of ether oxygens (including phenoxy) is 5. The lowest BCUT2D eigenvalue weighted by Gasteiger charge is -2.24. The molecule has 0 amide bonds. The Morgan fingerprint density at radius 1 is 0.897 bits per heavy atom. The van der Waals surface area contributed by atoms with Gasteiger partial charge in [0.15, 0.2) is 23.0 Å². The minimum Gasteiger partial charge on any atom is -0.502 e. The van der Waals surface area contributed by atoms with Crippen LogP contribution in [-0.4, -0.2) is 44.8 Å². The zero-order valence-electron chi connectivity index (χ0n) is 17.4. The van der Waals surface area contributed by atoms with Crippen molar-refractivity contribution in [2.24, 2.45) is 0 Å². The van der Waals surface area contributed by atoms with Gasteiger partial charge in [0.05, 0.1) is 28.4 Å². The van der Waals surface area contributed by atoms with Crippen molar-refractivity contribution < 1.29 is 33.9 Å². The van der Waals surface area contributed by atoms with Crippen LogP contribution in [0, 0.1) is 0 Å². The number of aromatic hydroxyl groups is 1. The van der Waals surface area contributed by atoms with E-state index in [0.29, 0.717) is 29.2 Å². The third-order valence-corrected chi connectivity index (χ3v) is 4.49. The van der Waals surface area contributed by atoms with Crippen LogP contribution in [0.4, 0.5) is 0 Å². The minimum absolute atomic E-state index is 0.138. The van der Waals surface area contributed by atoms with Crippen molar-refractivity contribution in [1.29, 1.82) is 0 Å². The highest BCUT2D eigenvalue weighted by Crippen LogP contribution is 2.42. The molecule has 0 saturated carbocycles. The molecule has 2 rings (SSSR count). The van der Waals surface area contributed by atoms with Crippen LogP contribution >= 0.6 is 0 Å². The first kappa shape index (κ1) is 22.2. The van der Waals surface area contributed by atoms with E-state index in [4.69, 9.17) is 23.7 Å². The standard InChI is InChI=1S/C22H28O7/c1-7-8-14-9-18(27-5)22(19(10-14)28-6)29-13(2)20(23)15-11-16(25-3)21(24)17(12-15)26-4/h7,9-13,20,23-24H,1,8H2,2-6H3/t13-,20-/m1/s1. The molecule has 0 spiro atoms. The van der Waals surface area contributed by atoms with Gasteiger partial charge < -0.3 is 33.9 Å². The van der Waals surface area contributed by atoms with E-state index in [1.165, 1.54) is 40.6 Å². The van der Waals surface area contributed by atoms with Gasteiger partial charge in [0.1, 0.15) is 12.2 Å². The van der Waals surface area contributed by atoms with E-state index in [1.54, 1.807) is 13.0 Å². The van der Waals surface area contributed by atoms with E-state index in [-0.39, 0.29) is 17.2 Å². The number of allylic oxidation sites excluding steroid dienone is 1. The molecule has 2 aromatic carbocycles. The van der Waals surface area contributed by atoms with Gasteiger partial charge in [-0.05, 0) is 48.7 Å². The number of aliphatic hydroxyl groups is 1. The molecule has 7 nitrogen and oxygen atoms in total. The molecular formula is C22H28O7. The molecule has 0 aliphatic heterocycles. The average molecular weight is 404 g/mol. The fraction of sp³-hybridized carbons (Fsp3) is 0.364. The molecule has 7 heteroatoms. The lowest BCUT2D eigenvalue weighted by Crippen LogP contribution is -2.22. The summed E-state index contributed by atoms with van der Waals surface area (Å²) in [7, 11) is 5.92. The average Bonchev–Trinajstić information content (AvgIpc) is 2.74. The Hall–Kier alpha value is -3.06. The van der Waals surface area contributed by atoms with Gasteiger partial charge in [-0.3, -0.25) is 0 Å². The predicted molar refractivity (Wildman–Crippen MR) is 110 cm³/mol. The van der Waals surface area contributed by atoms with Gasteiger partial charge in [-0.1, -0.05) is 6.08 Å². The van der Waals surface area contributed by atoms with E-state index in [2.05, 4.69) is 6.58 Å². The monoisotopic (exact) mass is 404 g/mol. The van der Waals surface area contributed by atoms with Crippen LogP contribution in [0.5, 0.6) is 34.5 Å². The number of benzene rings is 2. The molecule has 0 fully saturated rings. The summed E-state index contributed by atoms with van der Waals surface area (Å²) >= 11 is 0. The molecule has 158 valence electrons. The van der Waals surface area contributed by atoms with Gasteiger partial charge in [0, 0.05) is 0 Å². The Morgan fingerprint density at radius 3 is 1.79 bits per heavy atom. The molecule has 0 radical (unpaired) electrons. The molecule has 2 aromatic rings. The molecule has 2 atom stereocenters. The summed E-state index contributed by atoms with van der Waals surface area (Å²) in [6, 6.07) is 6.74. The summed E-state index contributed by atoms with van der Waals surface area (Å²) in [5.74, 6) is 1.60. The summed E-state index contributed by atoms with van der Waals surface area (Å²) in [5, 5.41) is 20.9. The maximum atomic E-state index is 10.8. The fourth-order valence-corrected chi connectivity index (χ4v) is 2.94. The number of methoxy groups -OCH3 is 4. The minimum atomic E-state index is -1.04. The van der Waals surface area contributed by atoms with Gasteiger partial charge in [0.2, 0.25) is 11.5 Å². The topological polar surface area (TPSA) is 86.6 Å². The number of aliphatic hydroxyl groups excluding tert-OH is 1. The Bertz CT molecular complexity index is 797. The van der Waals surface area contributed by atoms with Gasteiger partial charge in [0.25, 0.3) is 0 Å². The van der Waals surface area contributed by atoms with Crippen molar-refractivity contribution in [2.45, 2.75) is 25.6 Å². The summed E-state index contributed by atoms with van der Waals surface area (Å²) in [6.45, 7) is 5.46. The second-order valence-electron chi connectivity index (χ2n) is 6.36. The van der Waals surface area contributed by atoms with E-state index >= 15 is 0 Å². The first-order valence-electron chi connectivity index (χ1n) is 9.05. The maximum Gasteiger partial charge on any atom is 0.203 e. The molecule has 2 N–H and O–H groups in total.